The third-order valence-electron chi connectivity index (χ3n) is 0.471. The zero-order valence-electron chi connectivity index (χ0n) is 8.75. The van der Waals surface area contributed by atoms with E-state index >= 15 is 0 Å². The van der Waals surface area contributed by atoms with Gasteiger partial charge in [-0.3, -0.25) is 0 Å². The minimum absolute atomic E-state index is 2.35. The van der Waals surface area contributed by atoms with Crippen molar-refractivity contribution in [2.75, 3.05) is 6.56 Å². The molecule has 0 spiro atoms. The van der Waals surface area contributed by atoms with Crippen LogP contribution in [0.3, 0.4) is 0 Å². The van der Waals surface area contributed by atoms with E-state index in [-0.39, 0.29) is 0 Å². The second kappa shape index (κ2) is 2.11. The van der Waals surface area contributed by atoms with Crippen LogP contribution in [0.25, 0.3) is 0 Å². The number of aliphatic carboxylic acids is 1. The Morgan fingerprint density at radius 1 is 2.12 bits per heavy atom. The van der Waals surface area contributed by atoms with Crippen LogP contribution >= 0.6 is 0 Å². The Balaban J connectivity index is 5.35. The van der Waals surface area contributed by atoms with E-state index in [2.05, 4.69) is 0 Å². The van der Waals surface area contributed by atoms with Crippen molar-refractivity contribution in [1.82, 2.24) is 0 Å². The Hall–Kier alpha value is -0.610. The monoisotopic (exact) mass is 125 g/mol. The molecule has 0 saturated heterocycles. The first-order chi connectivity index (χ1) is 5.44. The molecule has 4 nitrogen and oxygen atoms in total. The van der Waals surface area contributed by atoms with Gasteiger partial charge in [-0.2, -0.15) is 0 Å². The number of carbonyl (C=O) groups is 1. The van der Waals surface area contributed by atoms with Crippen LogP contribution in [0, 0.1) is 0 Å². The van der Waals surface area contributed by atoms with Gasteiger partial charge in [0.05, 0.1) is 9.30 Å². The Labute approximate surface area is 53.4 Å². The van der Waals surface area contributed by atoms with Crippen LogP contribution in [0.15, 0.2) is 0 Å². The normalized spacial score (nSPS) is 30.0. The molecule has 0 saturated carbocycles. The summed E-state index contributed by atoms with van der Waals surface area (Å²) in [6.07, 6.45) is 0. The number of aliphatic hydroxyl groups is 2. The van der Waals surface area contributed by atoms with Crippen molar-refractivity contribution < 1.29 is 27.0 Å². The Bertz CT molecular complexity index is 202. The second-order valence-electron chi connectivity index (χ2n) is 1.13. The molecular formula is C4H8O4. The summed E-state index contributed by atoms with van der Waals surface area (Å²) in [5, 5.41) is 25.9. The summed E-state index contributed by atoms with van der Waals surface area (Å²) >= 11 is 0. The molecule has 0 bridgehead atoms. The predicted octanol–water partition coefficient (Wildman–Crippen LogP) is -1.19. The van der Waals surface area contributed by atoms with Gasteiger partial charge in [0.1, 0.15) is 0 Å². The van der Waals surface area contributed by atoms with Gasteiger partial charge in [0.2, 0.25) is 0 Å². The molecule has 0 aliphatic carbocycles. The molecule has 0 fully saturated rings. The van der Waals surface area contributed by atoms with Gasteiger partial charge in [0.25, 0.3) is 0 Å². The molecule has 0 aliphatic rings. The highest BCUT2D eigenvalue weighted by atomic mass is 16.4. The third-order valence-corrected chi connectivity index (χ3v) is 0.471. The SMILES string of the molecule is [2H]C([2H])([2H])C(O)(C(=O)O)C([2H])([2H])O. The molecule has 1 atom stereocenters. The molecule has 48 valence electrons. The number of hydrogen-bond donors (Lipinski definition) is 3. The van der Waals surface area contributed by atoms with Gasteiger partial charge in [-0.05, 0) is 6.85 Å². The van der Waals surface area contributed by atoms with Crippen LogP contribution in [0.1, 0.15) is 13.7 Å². The first-order valence-corrected chi connectivity index (χ1v) is 1.62. The van der Waals surface area contributed by atoms with Crippen LogP contribution in [-0.2, 0) is 4.79 Å². The molecular weight excluding hydrogens is 112 g/mol. The van der Waals surface area contributed by atoms with Crippen molar-refractivity contribution in [2.24, 2.45) is 0 Å². The van der Waals surface area contributed by atoms with E-state index in [1.807, 2.05) is 0 Å². The molecule has 0 heterocycles. The van der Waals surface area contributed by atoms with Gasteiger partial charge in [-0.1, -0.05) is 0 Å². The van der Waals surface area contributed by atoms with Gasteiger partial charge in [-0.25, -0.2) is 4.79 Å². The van der Waals surface area contributed by atoms with Gasteiger partial charge in [0.15, 0.2) is 5.60 Å². The average molecular weight is 125 g/mol. The van der Waals surface area contributed by atoms with Crippen molar-refractivity contribution in [3.8, 4) is 0 Å². The van der Waals surface area contributed by atoms with Gasteiger partial charge in [-0.15, -0.1) is 0 Å². The van der Waals surface area contributed by atoms with Gasteiger partial charge in [0, 0.05) is 4.11 Å². The van der Waals surface area contributed by atoms with E-state index in [4.69, 9.17) is 22.2 Å². The molecule has 0 radical (unpaired) electrons. The van der Waals surface area contributed by atoms with Gasteiger partial charge >= 0.3 is 5.97 Å². The zero-order chi connectivity index (χ0) is 11.1. The van der Waals surface area contributed by atoms with Crippen molar-refractivity contribution in [2.45, 2.75) is 12.5 Å². The standard InChI is InChI=1S/C4H8O4/c1-4(8,2-5)3(6)7/h5,8H,2H2,1H3,(H,6,7)/i1D3,2D2. The van der Waals surface area contributed by atoms with Gasteiger partial charge < -0.3 is 15.3 Å². The number of hydrogen-bond acceptors (Lipinski definition) is 3. The van der Waals surface area contributed by atoms with Crippen LogP contribution in [-0.4, -0.2) is 33.4 Å². The molecule has 1 unspecified atom stereocenters. The Morgan fingerprint density at radius 2 is 2.62 bits per heavy atom. The average Bonchev–Trinajstić information content (AvgIpc) is 1.80. The smallest absolute Gasteiger partial charge is 0.337 e. The van der Waals surface area contributed by atoms with Crippen molar-refractivity contribution in [3.63, 3.8) is 0 Å². The first-order valence-electron chi connectivity index (χ1n) is 4.12. The summed E-state index contributed by atoms with van der Waals surface area (Å²) < 4.78 is 32.7. The van der Waals surface area contributed by atoms with E-state index in [0.29, 0.717) is 0 Å². The lowest BCUT2D eigenvalue weighted by atomic mass is 10.1. The number of carboxylic acids is 1. The van der Waals surface area contributed by atoms with Crippen molar-refractivity contribution in [3.05, 3.63) is 0 Å². The largest absolute Gasteiger partial charge is 0.479 e. The molecule has 3 N–H and O–H groups in total. The highest BCUT2D eigenvalue weighted by Crippen LogP contribution is 1.99. The van der Waals surface area contributed by atoms with E-state index < -0.39 is 25.0 Å². The molecule has 4 heteroatoms. The van der Waals surface area contributed by atoms with E-state index in [1.54, 1.807) is 0 Å². The fourth-order valence-electron chi connectivity index (χ4n) is 0.0478. The van der Waals surface area contributed by atoms with Crippen LogP contribution in [0.5, 0.6) is 0 Å². The summed E-state index contributed by atoms with van der Waals surface area (Å²) in [6, 6.07) is 0. The van der Waals surface area contributed by atoms with Crippen molar-refractivity contribution >= 4 is 5.97 Å². The van der Waals surface area contributed by atoms with Crippen LogP contribution in [0.4, 0.5) is 0 Å². The summed E-state index contributed by atoms with van der Waals surface area (Å²) in [6.45, 7) is -7.30. The maximum Gasteiger partial charge on any atom is 0.337 e. The maximum atomic E-state index is 10.3. The highest BCUT2D eigenvalue weighted by Gasteiger charge is 2.28. The Morgan fingerprint density at radius 3 is 2.62 bits per heavy atom. The summed E-state index contributed by atoms with van der Waals surface area (Å²) in [5.41, 5.74) is -3.82. The van der Waals surface area contributed by atoms with Crippen molar-refractivity contribution in [1.29, 1.82) is 0 Å². The third kappa shape index (κ3) is 1.48. The fourth-order valence-corrected chi connectivity index (χ4v) is 0.0478. The molecule has 0 rings (SSSR count). The quantitative estimate of drug-likeness (QED) is 0.434. The number of rotatable bonds is 2. The minimum atomic E-state index is -3.82. The molecule has 0 amide bonds. The highest BCUT2D eigenvalue weighted by molar-refractivity contribution is 5.76. The van der Waals surface area contributed by atoms with E-state index in [9.17, 15) is 4.79 Å². The zero-order valence-corrected chi connectivity index (χ0v) is 3.75. The lowest BCUT2D eigenvalue weighted by Gasteiger charge is -2.12. The first kappa shape index (κ1) is 2.33. The topological polar surface area (TPSA) is 77.8 Å². The predicted molar refractivity (Wildman–Crippen MR) is 25.3 cm³/mol. The second-order valence-corrected chi connectivity index (χ2v) is 1.13. The maximum absolute atomic E-state index is 10.3. The molecule has 8 heavy (non-hydrogen) atoms. The molecule has 0 aromatic carbocycles. The summed E-state index contributed by atoms with van der Waals surface area (Å²) in [7, 11) is 0. The van der Waals surface area contributed by atoms with E-state index in [0.717, 1.165) is 0 Å². The van der Waals surface area contributed by atoms with Crippen LogP contribution < -0.4 is 0 Å². The summed E-state index contributed by atoms with van der Waals surface area (Å²) in [4.78, 5) is 10.3. The fraction of sp³-hybridized carbons (Fsp3) is 0.750. The number of carboxylic acid groups (broad SMARTS) is 1. The lowest BCUT2D eigenvalue weighted by Crippen LogP contribution is -2.38. The molecule has 0 aliphatic heterocycles. The van der Waals surface area contributed by atoms with Crippen LogP contribution in [0.2, 0.25) is 0 Å². The molecule has 0 aromatic heterocycles. The summed E-state index contributed by atoms with van der Waals surface area (Å²) in [5.74, 6) is -2.35. The molecule has 0 aromatic rings. The van der Waals surface area contributed by atoms with E-state index in [1.165, 1.54) is 0 Å². The lowest BCUT2D eigenvalue weighted by molar-refractivity contribution is -0.160. The minimum Gasteiger partial charge on any atom is -0.479 e. The Kier molecular flexibility index (Phi) is 0.612.